The van der Waals surface area contributed by atoms with E-state index < -0.39 is 0 Å². The Kier molecular flexibility index (Phi) is 6.08. The lowest BCUT2D eigenvalue weighted by Crippen LogP contribution is -2.37. The van der Waals surface area contributed by atoms with E-state index in [0.717, 1.165) is 48.2 Å². The molecule has 2 N–H and O–H groups in total. The molecular weight excluding hydrogens is 374 g/mol. The van der Waals surface area contributed by atoms with Crippen molar-refractivity contribution in [3.63, 3.8) is 0 Å². The first kappa shape index (κ1) is 19.7. The van der Waals surface area contributed by atoms with E-state index in [0.29, 0.717) is 6.54 Å². The van der Waals surface area contributed by atoms with Crippen LogP contribution in [0.2, 0.25) is 0 Å². The average molecular weight is 402 g/mol. The largest absolute Gasteiger partial charge is 0.356 e. The lowest BCUT2D eigenvalue weighted by Gasteiger charge is -2.12. The third kappa shape index (κ3) is 4.51. The minimum Gasteiger partial charge on any atom is -0.356 e. The third-order valence-electron chi connectivity index (χ3n) is 5.02. The van der Waals surface area contributed by atoms with Gasteiger partial charge in [0.05, 0.1) is 29.0 Å². The Hall–Kier alpha value is -3.61. The fourth-order valence-electron chi connectivity index (χ4n) is 3.50. The molecule has 30 heavy (non-hydrogen) atoms. The predicted octanol–water partition coefficient (Wildman–Crippen LogP) is 3.29. The van der Waals surface area contributed by atoms with E-state index in [1.54, 1.807) is 7.05 Å². The summed E-state index contributed by atoms with van der Waals surface area (Å²) in [6, 6.07) is 20.4. The van der Waals surface area contributed by atoms with E-state index in [1.807, 2.05) is 53.3 Å². The van der Waals surface area contributed by atoms with Gasteiger partial charge in [-0.15, -0.1) is 0 Å². The molecule has 154 valence electrons. The van der Waals surface area contributed by atoms with Crippen LogP contribution in [0.15, 0.2) is 71.9 Å². The monoisotopic (exact) mass is 401 g/mol. The normalized spacial score (nSPS) is 11.7. The van der Waals surface area contributed by atoms with Gasteiger partial charge in [-0.25, -0.2) is 9.67 Å². The smallest absolute Gasteiger partial charge is 0.191 e. The maximum absolute atomic E-state index is 4.63. The number of aryl methyl sites for hydroxylation is 2. The molecule has 0 saturated heterocycles. The Morgan fingerprint density at radius 2 is 1.80 bits per heavy atom. The van der Waals surface area contributed by atoms with Gasteiger partial charge in [0.2, 0.25) is 0 Å². The lowest BCUT2D eigenvalue weighted by molar-refractivity contribution is 0.623. The summed E-state index contributed by atoms with van der Waals surface area (Å²) >= 11 is 0. The predicted molar refractivity (Wildman–Crippen MR) is 121 cm³/mol. The van der Waals surface area contributed by atoms with E-state index in [9.17, 15) is 0 Å². The molecule has 0 fully saturated rings. The zero-order chi connectivity index (χ0) is 20.8. The number of para-hydroxylation sites is 3. The Morgan fingerprint density at radius 3 is 2.63 bits per heavy atom. The second-order valence-corrected chi connectivity index (χ2v) is 7.09. The highest BCUT2D eigenvalue weighted by atomic mass is 15.3. The fraction of sp³-hybridized carbons (Fsp3) is 0.261. The van der Waals surface area contributed by atoms with Gasteiger partial charge >= 0.3 is 0 Å². The third-order valence-corrected chi connectivity index (χ3v) is 5.02. The topological polar surface area (TPSA) is 72.1 Å². The second-order valence-electron chi connectivity index (χ2n) is 7.09. The first-order valence-electron chi connectivity index (χ1n) is 10.2. The number of guanidine groups is 1. The van der Waals surface area contributed by atoms with Gasteiger partial charge in [0.1, 0.15) is 5.82 Å². The number of aromatic nitrogens is 4. The first-order chi connectivity index (χ1) is 14.7. The SMILES string of the molecule is CN=C(NCCCn1c(C)nc2ccccc21)NCc1ccn(-c2ccccc2)n1. The van der Waals surface area contributed by atoms with Gasteiger partial charge in [0.15, 0.2) is 5.96 Å². The number of nitrogens with one attached hydrogen (secondary N) is 2. The molecule has 2 aromatic carbocycles. The van der Waals surface area contributed by atoms with E-state index in [2.05, 4.69) is 55.4 Å². The zero-order valence-electron chi connectivity index (χ0n) is 17.4. The van der Waals surface area contributed by atoms with Crippen molar-refractivity contribution < 1.29 is 0 Å². The second kappa shape index (κ2) is 9.26. The number of imidazole rings is 1. The highest BCUT2D eigenvalue weighted by Gasteiger charge is 2.07. The van der Waals surface area contributed by atoms with Crippen LogP contribution in [0.3, 0.4) is 0 Å². The number of rotatable bonds is 7. The van der Waals surface area contributed by atoms with Gasteiger partial charge in [-0.2, -0.15) is 5.10 Å². The molecule has 7 nitrogen and oxygen atoms in total. The zero-order valence-corrected chi connectivity index (χ0v) is 17.4. The molecule has 0 aliphatic rings. The molecule has 0 atom stereocenters. The van der Waals surface area contributed by atoms with Gasteiger partial charge in [0.25, 0.3) is 0 Å². The van der Waals surface area contributed by atoms with Crippen LogP contribution in [-0.2, 0) is 13.1 Å². The Balaban J connectivity index is 1.25. The number of benzene rings is 2. The quantitative estimate of drug-likeness (QED) is 0.283. The molecule has 0 unspecified atom stereocenters. The Labute approximate surface area is 176 Å². The summed E-state index contributed by atoms with van der Waals surface area (Å²) in [4.78, 5) is 8.94. The Morgan fingerprint density at radius 1 is 1.00 bits per heavy atom. The molecule has 0 bridgehead atoms. The van der Waals surface area contributed by atoms with Gasteiger partial charge in [-0.3, -0.25) is 4.99 Å². The summed E-state index contributed by atoms with van der Waals surface area (Å²) < 4.78 is 4.15. The number of nitrogens with zero attached hydrogens (tertiary/aromatic N) is 5. The lowest BCUT2D eigenvalue weighted by atomic mass is 10.3. The standard InChI is InChI=1S/C23H27N7/c1-18-27-21-11-6-7-12-22(21)29(18)15-8-14-25-23(24-2)26-17-19-13-16-30(28-19)20-9-4-3-5-10-20/h3-7,9-13,16H,8,14-15,17H2,1-2H3,(H2,24,25,26). The van der Waals surface area contributed by atoms with Crippen molar-refractivity contribution >= 4 is 17.0 Å². The van der Waals surface area contributed by atoms with Gasteiger partial charge < -0.3 is 15.2 Å². The van der Waals surface area contributed by atoms with Crippen LogP contribution in [0.5, 0.6) is 0 Å². The van der Waals surface area contributed by atoms with Crippen LogP contribution < -0.4 is 10.6 Å². The van der Waals surface area contributed by atoms with E-state index in [1.165, 1.54) is 5.52 Å². The maximum atomic E-state index is 4.63. The molecule has 0 saturated carbocycles. The van der Waals surface area contributed by atoms with Crippen molar-refractivity contribution in [2.45, 2.75) is 26.4 Å². The summed E-state index contributed by atoms with van der Waals surface area (Å²) in [7, 11) is 1.78. The van der Waals surface area contributed by atoms with Crippen molar-refractivity contribution in [1.29, 1.82) is 0 Å². The minimum absolute atomic E-state index is 0.616. The molecule has 4 aromatic rings. The molecule has 2 heterocycles. The highest BCUT2D eigenvalue weighted by molar-refractivity contribution is 5.79. The van der Waals surface area contributed by atoms with Gasteiger partial charge in [-0.1, -0.05) is 30.3 Å². The summed E-state index contributed by atoms with van der Waals surface area (Å²) in [5.41, 5.74) is 4.25. The average Bonchev–Trinajstić information content (AvgIpc) is 3.38. The molecule has 0 aliphatic carbocycles. The van der Waals surface area contributed by atoms with Crippen LogP contribution in [0.1, 0.15) is 17.9 Å². The van der Waals surface area contributed by atoms with Gasteiger partial charge in [0, 0.05) is 26.3 Å². The first-order valence-corrected chi connectivity index (χ1v) is 10.2. The molecule has 0 spiro atoms. The van der Waals surface area contributed by atoms with Gasteiger partial charge in [-0.05, 0) is 43.7 Å². The van der Waals surface area contributed by atoms with Crippen molar-refractivity contribution in [2.75, 3.05) is 13.6 Å². The number of hydrogen-bond acceptors (Lipinski definition) is 3. The van der Waals surface area contributed by atoms with E-state index in [-0.39, 0.29) is 0 Å². The molecule has 0 amide bonds. The summed E-state index contributed by atoms with van der Waals surface area (Å²) in [6.07, 6.45) is 2.95. The van der Waals surface area contributed by atoms with Crippen LogP contribution in [0.25, 0.3) is 16.7 Å². The molecular formula is C23H27N7. The highest BCUT2D eigenvalue weighted by Crippen LogP contribution is 2.15. The Bertz CT molecular complexity index is 1120. The summed E-state index contributed by atoms with van der Waals surface area (Å²) in [5.74, 6) is 1.82. The number of hydrogen-bond donors (Lipinski definition) is 2. The molecule has 0 radical (unpaired) electrons. The molecule has 0 aliphatic heterocycles. The van der Waals surface area contributed by atoms with E-state index >= 15 is 0 Å². The molecule has 4 rings (SSSR count). The number of fused-ring (bicyclic) bond motifs is 1. The molecule has 7 heteroatoms. The summed E-state index contributed by atoms with van der Waals surface area (Å²) in [6.45, 7) is 4.41. The van der Waals surface area contributed by atoms with Crippen LogP contribution in [0, 0.1) is 6.92 Å². The van der Waals surface area contributed by atoms with Crippen LogP contribution >= 0.6 is 0 Å². The summed E-state index contributed by atoms with van der Waals surface area (Å²) in [5, 5.41) is 11.3. The fourth-order valence-corrected chi connectivity index (χ4v) is 3.50. The maximum Gasteiger partial charge on any atom is 0.191 e. The molecule has 2 aromatic heterocycles. The van der Waals surface area contributed by atoms with Crippen LogP contribution in [-0.4, -0.2) is 38.9 Å². The van der Waals surface area contributed by atoms with Crippen molar-refractivity contribution in [3.8, 4) is 5.69 Å². The van der Waals surface area contributed by atoms with Crippen molar-refractivity contribution in [3.05, 3.63) is 78.4 Å². The number of aliphatic imine (C=N–C) groups is 1. The van der Waals surface area contributed by atoms with Crippen molar-refractivity contribution in [2.24, 2.45) is 4.99 Å². The minimum atomic E-state index is 0.616. The van der Waals surface area contributed by atoms with E-state index in [4.69, 9.17) is 0 Å². The van der Waals surface area contributed by atoms with Crippen LogP contribution in [0.4, 0.5) is 0 Å². The van der Waals surface area contributed by atoms with Crippen molar-refractivity contribution in [1.82, 2.24) is 30.0 Å².